The molecule has 4 amide bonds. The number of hydrogen-bond donors (Lipinski definition) is 3. The maximum Gasteiger partial charge on any atom is 0.262 e. The molecule has 1 unspecified atom stereocenters. The largest absolute Gasteiger partial charge is 0.396 e. The number of nitrogens with zero attached hydrogens (tertiary/aromatic N) is 2. The Balaban J connectivity index is 1.49. The number of aliphatic hydroxyl groups is 1. The van der Waals surface area contributed by atoms with E-state index >= 15 is 0 Å². The fourth-order valence-corrected chi connectivity index (χ4v) is 4.21. The van der Waals surface area contributed by atoms with Crippen LogP contribution in [0.5, 0.6) is 0 Å². The van der Waals surface area contributed by atoms with Gasteiger partial charge in [0.05, 0.1) is 11.1 Å². The Morgan fingerprint density at radius 3 is 2.54 bits per heavy atom. The van der Waals surface area contributed by atoms with Gasteiger partial charge in [0.25, 0.3) is 11.8 Å². The lowest BCUT2D eigenvalue weighted by Gasteiger charge is -2.47. The number of fused-ring (bicyclic) bond motifs is 1. The molecule has 0 radical (unpaired) electrons. The van der Waals surface area contributed by atoms with Crippen LogP contribution in [0, 0.1) is 0 Å². The summed E-state index contributed by atoms with van der Waals surface area (Å²) in [4.78, 5) is 52.0. The highest BCUT2D eigenvalue weighted by atomic mass is 16.3. The molecular weight excluding hydrogens is 364 g/mol. The summed E-state index contributed by atoms with van der Waals surface area (Å²) in [7, 11) is 0. The topological polar surface area (TPSA) is 133 Å². The summed E-state index contributed by atoms with van der Waals surface area (Å²) in [6, 6.07) is 4.13. The van der Waals surface area contributed by atoms with Gasteiger partial charge >= 0.3 is 0 Å². The maximum atomic E-state index is 12.8. The second-order valence-electron chi connectivity index (χ2n) is 7.81. The van der Waals surface area contributed by atoms with Gasteiger partial charge < -0.3 is 10.8 Å². The van der Waals surface area contributed by atoms with Crippen molar-refractivity contribution in [2.45, 2.75) is 37.4 Å². The lowest BCUT2D eigenvalue weighted by atomic mass is 9.87. The lowest BCUT2D eigenvalue weighted by molar-refractivity contribution is -0.136. The molecule has 2 fully saturated rings. The van der Waals surface area contributed by atoms with Crippen molar-refractivity contribution in [3.8, 4) is 0 Å². The Morgan fingerprint density at radius 1 is 1.14 bits per heavy atom. The van der Waals surface area contributed by atoms with Gasteiger partial charge in [-0.15, -0.1) is 0 Å². The van der Waals surface area contributed by atoms with E-state index in [-0.39, 0.29) is 36.1 Å². The van der Waals surface area contributed by atoms with Gasteiger partial charge in [-0.3, -0.25) is 34.3 Å². The van der Waals surface area contributed by atoms with Crippen LogP contribution in [-0.2, 0) is 16.1 Å². The van der Waals surface area contributed by atoms with Crippen molar-refractivity contribution in [2.24, 2.45) is 5.73 Å². The summed E-state index contributed by atoms with van der Waals surface area (Å²) < 4.78 is 0. The van der Waals surface area contributed by atoms with Gasteiger partial charge in [-0.1, -0.05) is 6.07 Å². The van der Waals surface area contributed by atoms with Gasteiger partial charge in [0.15, 0.2) is 0 Å². The van der Waals surface area contributed by atoms with Crippen LogP contribution >= 0.6 is 0 Å². The Bertz CT molecular complexity index is 877. The summed E-state index contributed by atoms with van der Waals surface area (Å²) in [5, 5.41) is 11.2. The number of benzene rings is 1. The predicted molar refractivity (Wildman–Crippen MR) is 97.0 cm³/mol. The third kappa shape index (κ3) is 3.11. The standard InChI is InChI=1S/C19H22N4O5/c20-19(5-6-24)9-22(10-19)8-11-1-2-12-13(7-11)18(28)23(17(12)27)14-3-4-15(25)21-16(14)26/h1-2,7,14,24H,3-6,8-10,20H2,(H,21,25,26). The zero-order valence-corrected chi connectivity index (χ0v) is 15.3. The first-order valence-electron chi connectivity index (χ1n) is 9.28. The van der Waals surface area contributed by atoms with E-state index in [0.29, 0.717) is 26.1 Å². The Hall–Kier alpha value is -2.62. The molecule has 0 aliphatic carbocycles. The minimum atomic E-state index is -0.958. The number of aliphatic hydroxyl groups excluding tert-OH is 1. The summed E-state index contributed by atoms with van der Waals surface area (Å²) >= 11 is 0. The van der Waals surface area contributed by atoms with Crippen molar-refractivity contribution in [1.29, 1.82) is 0 Å². The Labute approximate surface area is 161 Å². The van der Waals surface area contributed by atoms with Crippen LogP contribution in [0.1, 0.15) is 45.5 Å². The molecule has 3 aliphatic heterocycles. The predicted octanol–water partition coefficient (Wildman–Crippen LogP) is -1.02. The average Bonchev–Trinajstić information content (AvgIpc) is 2.85. The minimum absolute atomic E-state index is 0.0516. The number of piperidine rings is 1. The molecule has 1 aromatic carbocycles. The number of nitrogens with one attached hydrogen (secondary N) is 1. The first kappa shape index (κ1) is 18.7. The van der Waals surface area contributed by atoms with E-state index in [4.69, 9.17) is 10.8 Å². The number of carbonyl (C=O) groups excluding carboxylic acids is 4. The van der Waals surface area contributed by atoms with Crippen LogP contribution in [-0.4, -0.2) is 69.8 Å². The number of likely N-dealkylation sites (tertiary alicyclic amines) is 1. The number of imide groups is 2. The molecule has 0 spiro atoms. The van der Waals surface area contributed by atoms with E-state index in [1.807, 2.05) is 0 Å². The van der Waals surface area contributed by atoms with Gasteiger partial charge in [-0.2, -0.15) is 0 Å². The van der Waals surface area contributed by atoms with Crippen LogP contribution in [0.3, 0.4) is 0 Å². The van der Waals surface area contributed by atoms with Gasteiger partial charge in [0, 0.05) is 38.2 Å². The molecule has 28 heavy (non-hydrogen) atoms. The van der Waals surface area contributed by atoms with Crippen molar-refractivity contribution < 1.29 is 24.3 Å². The van der Waals surface area contributed by atoms with Crippen molar-refractivity contribution in [2.75, 3.05) is 19.7 Å². The van der Waals surface area contributed by atoms with Gasteiger partial charge in [-0.05, 0) is 30.5 Å². The van der Waals surface area contributed by atoms with E-state index < -0.39 is 29.7 Å². The summed E-state index contributed by atoms with van der Waals surface area (Å²) in [6.07, 6.45) is 0.778. The van der Waals surface area contributed by atoms with E-state index in [1.54, 1.807) is 18.2 Å². The quantitative estimate of drug-likeness (QED) is 0.552. The SMILES string of the molecule is NC1(CCO)CN(Cc2ccc3c(c2)C(=O)N(C2CCC(=O)NC2=O)C3=O)C1. The molecule has 0 bridgehead atoms. The molecule has 3 aliphatic rings. The highest BCUT2D eigenvalue weighted by Crippen LogP contribution is 2.30. The molecule has 2 saturated heterocycles. The van der Waals surface area contributed by atoms with E-state index in [0.717, 1.165) is 10.5 Å². The monoisotopic (exact) mass is 386 g/mol. The van der Waals surface area contributed by atoms with Gasteiger partial charge in [0.2, 0.25) is 11.8 Å². The second-order valence-corrected chi connectivity index (χ2v) is 7.81. The molecule has 9 nitrogen and oxygen atoms in total. The van der Waals surface area contributed by atoms with E-state index in [2.05, 4.69) is 10.2 Å². The second kappa shape index (κ2) is 6.77. The molecule has 9 heteroatoms. The first-order chi connectivity index (χ1) is 13.3. The number of amides is 4. The molecule has 3 heterocycles. The molecule has 0 aromatic heterocycles. The third-order valence-corrected chi connectivity index (χ3v) is 5.60. The molecule has 4 rings (SSSR count). The maximum absolute atomic E-state index is 12.8. The van der Waals surface area contributed by atoms with Crippen LogP contribution in [0.25, 0.3) is 0 Å². The van der Waals surface area contributed by atoms with Gasteiger partial charge in [0.1, 0.15) is 6.04 Å². The molecular formula is C19H22N4O5. The fraction of sp³-hybridized carbons (Fsp3) is 0.474. The number of nitrogens with two attached hydrogens (primary N) is 1. The normalized spacial score (nSPS) is 24.2. The Kier molecular flexibility index (Phi) is 4.53. The van der Waals surface area contributed by atoms with Crippen molar-refractivity contribution >= 4 is 23.6 Å². The zero-order valence-electron chi connectivity index (χ0n) is 15.3. The molecule has 4 N–H and O–H groups in total. The molecule has 148 valence electrons. The molecule has 1 aromatic rings. The van der Waals surface area contributed by atoms with Crippen LogP contribution in [0.2, 0.25) is 0 Å². The first-order valence-corrected chi connectivity index (χ1v) is 9.28. The summed E-state index contributed by atoms with van der Waals surface area (Å²) in [6.45, 7) is 1.94. The highest BCUT2D eigenvalue weighted by Gasteiger charge is 2.45. The minimum Gasteiger partial charge on any atom is -0.396 e. The Morgan fingerprint density at radius 2 is 1.86 bits per heavy atom. The molecule has 1 atom stereocenters. The van der Waals surface area contributed by atoms with Crippen LogP contribution < -0.4 is 11.1 Å². The summed E-state index contributed by atoms with van der Waals surface area (Å²) in [5.41, 5.74) is 7.19. The zero-order chi connectivity index (χ0) is 20.1. The molecule has 0 saturated carbocycles. The smallest absolute Gasteiger partial charge is 0.262 e. The van der Waals surface area contributed by atoms with Crippen molar-refractivity contribution in [1.82, 2.24) is 15.1 Å². The van der Waals surface area contributed by atoms with Gasteiger partial charge in [-0.25, -0.2) is 0 Å². The average molecular weight is 386 g/mol. The summed E-state index contributed by atoms with van der Waals surface area (Å²) in [5.74, 6) is -2.02. The van der Waals surface area contributed by atoms with Crippen LogP contribution in [0.4, 0.5) is 0 Å². The van der Waals surface area contributed by atoms with E-state index in [9.17, 15) is 19.2 Å². The number of rotatable bonds is 5. The highest BCUT2D eigenvalue weighted by molar-refractivity contribution is 6.23. The van der Waals surface area contributed by atoms with E-state index in [1.165, 1.54) is 0 Å². The fourth-order valence-electron chi connectivity index (χ4n) is 4.21. The van der Waals surface area contributed by atoms with Crippen LogP contribution in [0.15, 0.2) is 18.2 Å². The number of hydrogen-bond acceptors (Lipinski definition) is 7. The van der Waals surface area contributed by atoms with Crippen molar-refractivity contribution in [3.05, 3.63) is 34.9 Å². The number of carbonyl (C=O) groups is 4. The third-order valence-electron chi connectivity index (χ3n) is 5.60. The lowest BCUT2D eigenvalue weighted by Crippen LogP contribution is -2.67. The van der Waals surface area contributed by atoms with Crippen molar-refractivity contribution in [3.63, 3.8) is 0 Å².